The van der Waals surface area contributed by atoms with Crippen LogP contribution in [-0.4, -0.2) is 96.7 Å². The Labute approximate surface area is 613 Å². The van der Waals surface area contributed by atoms with Crippen LogP contribution < -0.4 is 0 Å². The van der Waals surface area contributed by atoms with Crippen molar-refractivity contribution in [2.24, 2.45) is 5.92 Å². The summed E-state index contributed by atoms with van der Waals surface area (Å²) in [4.78, 5) is 73.0. The largest absolute Gasteiger partial charge is 0.472 e. The molecule has 0 aromatic carbocycles. The summed E-state index contributed by atoms with van der Waals surface area (Å²) in [6.45, 7) is 7.31. The Bertz CT molecular complexity index is 1910. The summed E-state index contributed by atoms with van der Waals surface area (Å²) in [5, 5.41) is 10.6. The van der Waals surface area contributed by atoms with E-state index in [0.717, 1.165) is 95.8 Å². The fourth-order valence-corrected chi connectivity index (χ4v) is 14.2. The number of aliphatic hydroxyl groups is 1. The molecule has 0 aromatic heterocycles. The molecule has 2 unspecified atom stereocenters. The Kier molecular flexibility index (Phi) is 72.5. The molecule has 0 spiro atoms. The van der Waals surface area contributed by atoms with Crippen LogP contribution >= 0.6 is 15.6 Å². The fraction of sp³-hybridized carbons (Fsp3) is 0.951. The Hall–Kier alpha value is -1.94. The molecule has 0 bridgehead atoms. The predicted octanol–water partition coefficient (Wildman–Crippen LogP) is 24.4. The van der Waals surface area contributed by atoms with Gasteiger partial charge in [-0.15, -0.1) is 0 Å². The maximum absolute atomic E-state index is 13.1. The van der Waals surface area contributed by atoms with Gasteiger partial charge in [0.2, 0.25) is 0 Å². The first-order valence-electron chi connectivity index (χ1n) is 42.1. The van der Waals surface area contributed by atoms with Crippen molar-refractivity contribution in [2.75, 3.05) is 39.6 Å². The zero-order chi connectivity index (χ0) is 73.4. The number of rotatable bonds is 81. The van der Waals surface area contributed by atoms with Gasteiger partial charge in [-0.2, -0.15) is 0 Å². The molecule has 0 saturated carbocycles. The minimum atomic E-state index is -4.96. The molecule has 5 atom stereocenters. The first kappa shape index (κ1) is 98.1. The first-order chi connectivity index (χ1) is 48.5. The van der Waals surface area contributed by atoms with E-state index in [1.807, 2.05) is 0 Å². The number of phosphoric acid groups is 2. The van der Waals surface area contributed by atoms with Gasteiger partial charge >= 0.3 is 39.5 Å². The van der Waals surface area contributed by atoms with E-state index in [2.05, 4.69) is 34.6 Å². The van der Waals surface area contributed by atoms with Crippen LogP contribution in [0.2, 0.25) is 0 Å². The second kappa shape index (κ2) is 73.9. The SMILES string of the molecule is CCCCCCCCCCCCCCCCCCCCCCCC(=O)O[C@H](COC(=O)CCCCCCCCCCCCCCCCCC)COP(=O)(O)OC[C@@H](O)COP(=O)(O)OC[C@@H](COC(=O)CCCCCCCCCCC)OC(=O)CCCCCCCCCCCCCC(C)C. The van der Waals surface area contributed by atoms with Gasteiger partial charge in [-0.3, -0.25) is 37.3 Å². The average Bonchev–Trinajstić information content (AvgIpc) is 0.928. The third kappa shape index (κ3) is 74.3. The van der Waals surface area contributed by atoms with Crippen LogP contribution in [0, 0.1) is 5.92 Å². The number of hydrogen-bond acceptors (Lipinski definition) is 15. The van der Waals surface area contributed by atoms with Crippen LogP contribution in [0.3, 0.4) is 0 Å². The third-order valence-corrected chi connectivity index (χ3v) is 20.9. The van der Waals surface area contributed by atoms with Crippen LogP contribution in [0.4, 0.5) is 0 Å². The topological polar surface area (TPSA) is 237 Å². The van der Waals surface area contributed by atoms with Crippen molar-refractivity contribution in [2.45, 2.75) is 451 Å². The summed E-state index contributed by atoms with van der Waals surface area (Å²) in [6, 6.07) is 0. The van der Waals surface area contributed by atoms with Gasteiger partial charge in [0.05, 0.1) is 26.4 Å². The van der Waals surface area contributed by atoms with Gasteiger partial charge in [0.25, 0.3) is 0 Å². The van der Waals surface area contributed by atoms with Crippen molar-refractivity contribution in [1.82, 2.24) is 0 Å². The van der Waals surface area contributed by atoms with Crippen molar-refractivity contribution in [1.29, 1.82) is 0 Å². The summed E-state index contributed by atoms with van der Waals surface area (Å²) in [6.07, 6.45) is 65.3. The second-order valence-electron chi connectivity index (χ2n) is 29.6. The lowest BCUT2D eigenvalue weighted by molar-refractivity contribution is -0.161. The molecule has 0 heterocycles. The van der Waals surface area contributed by atoms with Gasteiger partial charge in [-0.25, -0.2) is 9.13 Å². The monoisotopic (exact) mass is 1470 g/mol. The molecule has 19 heteroatoms. The Balaban J connectivity index is 5.20. The van der Waals surface area contributed by atoms with E-state index in [9.17, 15) is 43.2 Å². The van der Waals surface area contributed by atoms with Crippen LogP contribution in [0.25, 0.3) is 0 Å². The molecule has 0 amide bonds. The quantitative estimate of drug-likeness (QED) is 0.0222. The van der Waals surface area contributed by atoms with Crippen LogP contribution in [0.15, 0.2) is 0 Å². The second-order valence-corrected chi connectivity index (χ2v) is 32.5. The third-order valence-electron chi connectivity index (χ3n) is 19.0. The highest BCUT2D eigenvalue weighted by Crippen LogP contribution is 2.45. The average molecular weight is 1470 g/mol. The molecule has 0 aliphatic rings. The molecule has 0 fully saturated rings. The summed E-state index contributed by atoms with van der Waals surface area (Å²) in [5.41, 5.74) is 0. The maximum Gasteiger partial charge on any atom is 0.472 e. The number of aliphatic hydroxyl groups excluding tert-OH is 1. The van der Waals surface area contributed by atoms with E-state index in [0.29, 0.717) is 25.7 Å². The fourth-order valence-electron chi connectivity index (χ4n) is 12.6. The molecular formula is C81H158O17P2. The lowest BCUT2D eigenvalue weighted by atomic mass is 10.0. The van der Waals surface area contributed by atoms with Crippen molar-refractivity contribution in [3.8, 4) is 0 Å². The smallest absolute Gasteiger partial charge is 0.462 e. The number of carbonyl (C=O) groups is 4. The van der Waals surface area contributed by atoms with Crippen molar-refractivity contribution in [3.05, 3.63) is 0 Å². The highest BCUT2D eigenvalue weighted by atomic mass is 31.2. The van der Waals surface area contributed by atoms with Crippen molar-refractivity contribution < 1.29 is 80.2 Å². The molecule has 0 radical (unpaired) electrons. The Morgan fingerprint density at radius 1 is 0.270 bits per heavy atom. The Morgan fingerprint density at radius 2 is 0.460 bits per heavy atom. The van der Waals surface area contributed by atoms with Crippen LogP contribution in [0.5, 0.6) is 0 Å². The molecular weight excluding hydrogens is 1310 g/mol. The number of ether oxygens (including phenoxy) is 4. The molecule has 0 aromatic rings. The van der Waals surface area contributed by atoms with Gasteiger partial charge in [-0.1, -0.05) is 381 Å². The van der Waals surface area contributed by atoms with Crippen molar-refractivity contribution in [3.63, 3.8) is 0 Å². The van der Waals surface area contributed by atoms with Gasteiger partial charge in [0.15, 0.2) is 12.2 Å². The van der Waals surface area contributed by atoms with Gasteiger partial charge in [0, 0.05) is 25.7 Å². The summed E-state index contributed by atoms with van der Waals surface area (Å²) in [5.74, 6) is -1.34. The Morgan fingerprint density at radius 3 is 0.680 bits per heavy atom. The lowest BCUT2D eigenvalue weighted by Crippen LogP contribution is -2.30. The standard InChI is InChI=1S/C81H158O17P2/c1-6-9-12-15-18-21-23-25-27-29-30-31-32-33-35-37-41-46-51-56-61-66-80(85)98-77(71-92-79(84)65-60-55-50-45-40-36-34-28-26-24-22-19-16-13-10-7-2)73-96-100(89,90)94-69-75(82)68-93-99(87,88)95-72-76(70-91-78(83)64-59-54-49-43-20-17-14-11-8-3)97-81(86)67-62-57-52-47-42-38-39-44-48-53-58-63-74(4)5/h74-77,82H,6-73H2,1-5H3,(H,87,88)(H,89,90)/t75-,76+,77+/m0/s1. The first-order valence-corrected chi connectivity index (χ1v) is 45.1. The number of unbranched alkanes of at least 4 members (excludes halogenated alkanes) is 53. The maximum atomic E-state index is 13.1. The molecule has 0 aliphatic carbocycles. The summed E-state index contributed by atoms with van der Waals surface area (Å²) in [7, 11) is -9.92. The number of phosphoric ester groups is 2. The normalized spacial score (nSPS) is 13.8. The lowest BCUT2D eigenvalue weighted by Gasteiger charge is -2.21. The summed E-state index contributed by atoms with van der Waals surface area (Å²) < 4.78 is 68.7. The number of carbonyl (C=O) groups excluding carboxylic acids is 4. The van der Waals surface area contributed by atoms with E-state index in [-0.39, 0.29) is 25.7 Å². The number of hydrogen-bond donors (Lipinski definition) is 3. The number of esters is 4. The predicted molar refractivity (Wildman–Crippen MR) is 409 cm³/mol. The minimum Gasteiger partial charge on any atom is -0.462 e. The molecule has 0 saturated heterocycles. The molecule has 594 valence electrons. The molecule has 17 nitrogen and oxygen atoms in total. The molecule has 100 heavy (non-hydrogen) atoms. The van der Waals surface area contributed by atoms with Crippen LogP contribution in [0.1, 0.15) is 433 Å². The van der Waals surface area contributed by atoms with E-state index in [1.54, 1.807) is 0 Å². The highest BCUT2D eigenvalue weighted by molar-refractivity contribution is 7.47. The van der Waals surface area contributed by atoms with E-state index in [4.69, 9.17) is 37.0 Å². The van der Waals surface area contributed by atoms with Gasteiger partial charge in [0.1, 0.15) is 19.3 Å². The molecule has 0 rings (SSSR count). The van der Waals surface area contributed by atoms with Gasteiger partial charge < -0.3 is 33.8 Å². The molecule has 0 aliphatic heterocycles. The van der Waals surface area contributed by atoms with Gasteiger partial charge in [-0.05, 0) is 31.6 Å². The zero-order valence-corrected chi connectivity index (χ0v) is 67.1. The van der Waals surface area contributed by atoms with E-state index in [1.165, 1.54) is 257 Å². The van der Waals surface area contributed by atoms with Crippen molar-refractivity contribution >= 4 is 39.5 Å². The minimum absolute atomic E-state index is 0.107. The van der Waals surface area contributed by atoms with E-state index < -0.39 is 97.5 Å². The highest BCUT2D eigenvalue weighted by Gasteiger charge is 2.30. The zero-order valence-electron chi connectivity index (χ0n) is 65.3. The van der Waals surface area contributed by atoms with Crippen LogP contribution in [-0.2, 0) is 65.4 Å². The molecule has 3 N–H and O–H groups in total. The summed E-state index contributed by atoms with van der Waals surface area (Å²) >= 11 is 0. The van der Waals surface area contributed by atoms with E-state index >= 15 is 0 Å².